The van der Waals surface area contributed by atoms with Gasteiger partial charge in [-0.3, -0.25) is 14.5 Å². The van der Waals surface area contributed by atoms with Gasteiger partial charge in [-0.15, -0.1) is 0 Å². The summed E-state index contributed by atoms with van der Waals surface area (Å²) in [6.07, 6.45) is 9.02. The second-order valence-electron chi connectivity index (χ2n) is 8.18. The number of para-hydroxylation sites is 1. The van der Waals surface area contributed by atoms with Gasteiger partial charge in [-0.25, -0.2) is 0 Å². The zero-order chi connectivity index (χ0) is 20.9. The highest BCUT2D eigenvalue weighted by atomic mass is 16.2. The van der Waals surface area contributed by atoms with E-state index in [9.17, 15) is 4.79 Å². The first-order valence-corrected chi connectivity index (χ1v) is 10.5. The third-order valence-corrected chi connectivity index (χ3v) is 6.41. The number of amides is 1. The molecule has 6 rings (SSSR count). The van der Waals surface area contributed by atoms with Crippen LogP contribution in [0.3, 0.4) is 0 Å². The normalized spacial score (nSPS) is 20.5. The fourth-order valence-electron chi connectivity index (χ4n) is 5.04. The Balaban J connectivity index is 1.31. The van der Waals surface area contributed by atoms with Crippen molar-refractivity contribution >= 4 is 22.6 Å². The van der Waals surface area contributed by atoms with Crippen LogP contribution in [0.25, 0.3) is 16.6 Å². The van der Waals surface area contributed by atoms with Crippen LogP contribution in [0.1, 0.15) is 23.2 Å². The van der Waals surface area contributed by atoms with Gasteiger partial charge in [0, 0.05) is 44.6 Å². The minimum absolute atomic E-state index is 0.0250. The highest BCUT2D eigenvalue weighted by Crippen LogP contribution is 2.38. The second-order valence-corrected chi connectivity index (χ2v) is 8.18. The van der Waals surface area contributed by atoms with Crippen LogP contribution in [0.4, 0.5) is 5.82 Å². The van der Waals surface area contributed by atoms with Crippen molar-refractivity contribution in [3.05, 3.63) is 60.7 Å². The number of piperazine rings is 1. The molecule has 9 nitrogen and oxygen atoms in total. The minimum atomic E-state index is 0.0250. The van der Waals surface area contributed by atoms with Crippen LogP contribution < -0.4 is 4.90 Å². The Bertz CT molecular complexity index is 1250. The molecule has 2 aliphatic heterocycles. The Labute approximate surface area is 178 Å². The van der Waals surface area contributed by atoms with Gasteiger partial charge < -0.3 is 9.80 Å². The number of carbonyl (C=O) groups is 1. The van der Waals surface area contributed by atoms with Crippen molar-refractivity contribution in [3.63, 3.8) is 0 Å². The molecule has 2 fully saturated rings. The van der Waals surface area contributed by atoms with Gasteiger partial charge in [0.15, 0.2) is 5.82 Å². The Morgan fingerprint density at radius 1 is 1.00 bits per heavy atom. The van der Waals surface area contributed by atoms with Crippen LogP contribution in [-0.2, 0) is 7.05 Å². The monoisotopic (exact) mass is 414 g/mol. The van der Waals surface area contributed by atoms with Gasteiger partial charge in [0.2, 0.25) is 0 Å². The van der Waals surface area contributed by atoms with Crippen molar-refractivity contribution in [1.82, 2.24) is 34.7 Å². The molecule has 3 aromatic heterocycles. The summed E-state index contributed by atoms with van der Waals surface area (Å²) in [6, 6.07) is 10.0. The molecular formula is C22H22N8O. The van der Waals surface area contributed by atoms with Gasteiger partial charge in [0.1, 0.15) is 0 Å². The van der Waals surface area contributed by atoms with Crippen molar-refractivity contribution in [3.8, 4) is 5.69 Å². The molecule has 31 heavy (non-hydrogen) atoms. The number of benzene rings is 1. The van der Waals surface area contributed by atoms with E-state index in [0.29, 0.717) is 24.3 Å². The predicted octanol–water partition coefficient (Wildman–Crippen LogP) is 2.04. The molecule has 1 aromatic carbocycles. The van der Waals surface area contributed by atoms with E-state index in [1.807, 2.05) is 53.2 Å². The molecule has 2 unspecified atom stereocenters. The lowest BCUT2D eigenvalue weighted by Crippen LogP contribution is -2.55. The third-order valence-electron chi connectivity index (χ3n) is 6.41. The first-order chi connectivity index (χ1) is 15.2. The van der Waals surface area contributed by atoms with Crippen molar-refractivity contribution in [2.45, 2.75) is 24.9 Å². The number of likely N-dealkylation sites (tertiary alicyclic amines) is 1. The SMILES string of the molecule is Cn1nc(N2C3CCC2CN(C(=O)c2ccccc2-n2nccn2)C3)c2cnccc21. The molecule has 0 N–H and O–H groups in total. The van der Waals surface area contributed by atoms with Gasteiger partial charge >= 0.3 is 0 Å². The van der Waals surface area contributed by atoms with Crippen LogP contribution in [0.5, 0.6) is 0 Å². The number of rotatable bonds is 3. The highest BCUT2D eigenvalue weighted by molar-refractivity contribution is 5.98. The Morgan fingerprint density at radius 3 is 2.52 bits per heavy atom. The van der Waals surface area contributed by atoms with Gasteiger partial charge in [0.25, 0.3) is 5.91 Å². The lowest BCUT2D eigenvalue weighted by molar-refractivity contribution is 0.0717. The van der Waals surface area contributed by atoms with E-state index in [0.717, 1.165) is 29.6 Å². The van der Waals surface area contributed by atoms with Crippen LogP contribution in [0.2, 0.25) is 0 Å². The fourth-order valence-corrected chi connectivity index (χ4v) is 5.04. The summed E-state index contributed by atoms with van der Waals surface area (Å²) in [6.45, 7) is 1.35. The molecule has 5 heterocycles. The smallest absolute Gasteiger partial charge is 0.256 e. The first-order valence-electron chi connectivity index (χ1n) is 10.5. The van der Waals surface area contributed by atoms with E-state index in [4.69, 9.17) is 5.10 Å². The number of nitrogens with zero attached hydrogens (tertiary/aromatic N) is 8. The van der Waals surface area contributed by atoms with Gasteiger partial charge in [-0.2, -0.15) is 20.1 Å². The number of carbonyl (C=O) groups excluding carboxylic acids is 1. The maximum atomic E-state index is 13.5. The molecule has 2 bridgehead atoms. The average Bonchev–Trinajstić information content (AvgIpc) is 3.51. The zero-order valence-electron chi connectivity index (χ0n) is 17.2. The minimum Gasteiger partial charge on any atom is -0.345 e. The Hall–Kier alpha value is -3.75. The number of anilines is 1. The molecule has 4 aromatic rings. The van der Waals surface area contributed by atoms with Crippen LogP contribution in [0, 0.1) is 0 Å². The van der Waals surface area contributed by atoms with Gasteiger partial charge in [-0.1, -0.05) is 12.1 Å². The quantitative estimate of drug-likeness (QED) is 0.510. The summed E-state index contributed by atoms with van der Waals surface area (Å²) in [5.41, 5.74) is 2.40. The number of fused-ring (bicyclic) bond motifs is 3. The number of aromatic nitrogens is 6. The molecule has 0 spiro atoms. The molecule has 1 amide bonds. The van der Waals surface area contributed by atoms with Crippen molar-refractivity contribution in [2.24, 2.45) is 7.05 Å². The Morgan fingerprint density at radius 2 is 1.74 bits per heavy atom. The van der Waals surface area contributed by atoms with Gasteiger partial charge in [0.05, 0.1) is 34.5 Å². The summed E-state index contributed by atoms with van der Waals surface area (Å²) in [5.74, 6) is 1.00. The molecule has 0 radical (unpaired) electrons. The van der Waals surface area contributed by atoms with E-state index >= 15 is 0 Å². The summed E-state index contributed by atoms with van der Waals surface area (Å²) in [7, 11) is 1.97. The number of aryl methyl sites for hydroxylation is 1. The number of hydrogen-bond donors (Lipinski definition) is 0. The molecular weight excluding hydrogens is 392 g/mol. The molecule has 2 saturated heterocycles. The zero-order valence-corrected chi connectivity index (χ0v) is 17.2. The lowest BCUT2D eigenvalue weighted by Gasteiger charge is -2.41. The maximum Gasteiger partial charge on any atom is 0.256 e. The predicted molar refractivity (Wildman–Crippen MR) is 115 cm³/mol. The van der Waals surface area contributed by atoms with E-state index in [-0.39, 0.29) is 18.0 Å². The first kappa shape index (κ1) is 18.1. The lowest BCUT2D eigenvalue weighted by atomic mass is 10.1. The Kier molecular flexibility index (Phi) is 4.02. The van der Waals surface area contributed by atoms with E-state index in [1.54, 1.807) is 18.6 Å². The van der Waals surface area contributed by atoms with E-state index in [2.05, 4.69) is 20.1 Å². The van der Waals surface area contributed by atoms with Crippen LogP contribution in [-0.4, -0.2) is 65.7 Å². The average molecular weight is 414 g/mol. The fraction of sp³-hybridized carbons (Fsp3) is 0.318. The van der Waals surface area contributed by atoms with Crippen LogP contribution >= 0.6 is 0 Å². The molecule has 0 aliphatic carbocycles. The number of hydrogen-bond acceptors (Lipinski definition) is 6. The highest BCUT2D eigenvalue weighted by Gasteiger charge is 2.43. The summed E-state index contributed by atoms with van der Waals surface area (Å²) in [4.78, 5) is 23.7. The summed E-state index contributed by atoms with van der Waals surface area (Å²) in [5, 5.41) is 14.3. The summed E-state index contributed by atoms with van der Waals surface area (Å²) < 4.78 is 1.91. The number of pyridine rings is 1. The van der Waals surface area contributed by atoms with Crippen molar-refractivity contribution in [2.75, 3.05) is 18.0 Å². The maximum absolute atomic E-state index is 13.5. The molecule has 2 aliphatic rings. The molecule has 156 valence electrons. The van der Waals surface area contributed by atoms with Crippen LogP contribution in [0.15, 0.2) is 55.1 Å². The van der Waals surface area contributed by atoms with E-state index in [1.165, 1.54) is 4.80 Å². The van der Waals surface area contributed by atoms with Crippen molar-refractivity contribution in [1.29, 1.82) is 0 Å². The molecule has 0 saturated carbocycles. The third kappa shape index (κ3) is 2.80. The topological polar surface area (TPSA) is 85.0 Å². The standard InChI is InChI=1S/C22H22N8O/c1-27-19-8-9-23-12-18(19)21(26-27)29-15-6-7-16(29)14-28(13-15)22(31)17-4-2-3-5-20(17)30-24-10-11-25-30/h2-5,8-12,15-16H,6-7,13-14H2,1H3. The summed E-state index contributed by atoms with van der Waals surface area (Å²) >= 11 is 0. The molecule has 2 atom stereocenters. The van der Waals surface area contributed by atoms with Gasteiger partial charge in [-0.05, 0) is 31.0 Å². The van der Waals surface area contributed by atoms with E-state index < -0.39 is 0 Å². The second kappa shape index (κ2) is 6.90. The largest absolute Gasteiger partial charge is 0.345 e. The van der Waals surface area contributed by atoms with Crippen molar-refractivity contribution < 1.29 is 4.79 Å². The molecule has 9 heteroatoms.